The summed E-state index contributed by atoms with van der Waals surface area (Å²) in [6.07, 6.45) is 1.96. The Morgan fingerprint density at radius 2 is 1.76 bits per heavy atom. The number of hydrogen-bond donors (Lipinski definition) is 1. The molecule has 0 bridgehead atoms. The van der Waals surface area contributed by atoms with E-state index in [-0.39, 0.29) is 17.7 Å². The summed E-state index contributed by atoms with van der Waals surface area (Å²) in [5.41, 5.74) is 7.22. The SMILES string of the molecule is NC1CC(=O)N(c2ccc(N3CCCCS3(=O)=O)cc2)C1. The molecule has 2 N–H and O–H groups in total. The van der Waals surface area contributed by atoms with Gasteiger partial charge in [-0.25, -0.2) is 8.42 Å². The third-order valence-electron chi connectivity index (χ3n) is 3.95. The number of amides is 1. The summed E-state index contributed by atoms with van der Waals surface area (Å²) < 4.78 is 25.6. The molecule has 114 valence electrons. The molecular formula is C14H19N3O3S. The lowest BCUT2D eigenvalue weighted by Crippen LogP contribution is -2.37. The van der Waals surface area contributed by atoms with Gasteiger partial charge in [0, 0.05) is 31.2 Å². The van der Waals surface area contributed by atoms with Crippen LogP contribution in [0.25, 0.3) is 0 Å². The maximum Gasteiger partial charge on any atom is 0.235 e. The molecule has 2 heterocycles. The second kappa shape index (κ2) is 5.31. The van der Waals surface area contributed by atoms with Crippen molar-refractivity contribution in [2.45, 2.75) is 25.3 Å². The van der Waals surface area contributed by atoms with E-state index in [2.05, 4.69) is 0 Å². The minimum absolute atomic E-state index is 0.0147. The number of hydrogen-bond acceptors (Lipinski definition) is 4. The van der Waals surface area contributed by atoms with Gasteiger partial charge in [0.15, 0.2) is 0 Å². The van der Waals surface area contributed by atoms with Crippen LogP contribution in [0, 0.1) is 0 Å². The number of nitrogens with two attached hydrogens (primary N) is 1. The summed E-state index contributed by atoms with van der Waals surface area (Å²) in [6, 6.07) is 6.97. The molecule has 2 fully saturated rings. The van der Waals surface area contributed by atoms with E-state index in [9.17, 15) is 13.2 Å². The number of anilines is 2. The molecule has 1 atom stereocenters. The maximum atomic E-state index is 12.1. The zero-order valence-electron chi connectivity index (χ0n) is 11.7. The van der Waals surface area contributed by atoms with Crippen molar-refractivity contribution >= 4 is 27.3 Å². The standard InChI is InChI=1S/C14H19N3O3S/c15-11-9-14(18)16(10-11)12-3-5-13(6-4-12)17-7-1-2-8-21(17,19)20/h3-6,11H,1-2,7-10,15H2. The average molecular weight is 309 g/mol. The molecule has 6 nitrogen and oxygen atoms in total. The van der Waals surface area contributed by atoms with Gasteiger partial charge in [-0.2, -0.15) is 0 Å². The van der Waals surface area contributed by atoms with Crippen molar-refractivity contribution < 1.29 is 13.2 Å². The topological polar surface area (TPSA) is 83.7 Å². The lowest BCUT2D eigenvalue weighted by atomic mass is 10.2. The van der Waals surface area contributed by atoms with E-state index in [4.69, 9.17) is 5.73 Å². The third-order valence-corrected chi connectivity index (χ3v) is 5.82. The molecule has 0 radical (unpaired) electrons. The van der Waals surface area contributed by atoms with E-state index in [0.29, 0.717) is 25.2 Å². The van der Waals surface area contributed by atoms with E-state index in [0.717, 1.165) is 18.5 Å². The first-order valence-electron chi connectivity index (χ1n) is 7.14. The van der Waals surface area contributed by atoms with Gasteiger partial charge < -0.3 is 10.6 Å². The number of benzene rings is 1. The Hall–Kier alpha value is -1.60. The predicted molar refractivity (Wildman–Crippen MR) is 81.8 cm³/mol. The van der Waals surface area contributed by atoms with Crippen LogP contribution in [-0.2, 0) is 14.8 Å². The molecule has 1 unspecified atom stereocenters. The monoisotopic (exact) mass is 309 g/mol. The van der Waals surface area contributed by atoms with Crippen molar-refractivity contribution in [3.63, 3.8) is 0 Å². The van der Waals surface area contributed by atoms with E-state index in [1.165, 1.54) is 4.31 Å². The fourth-order valence-corrected chi connectivity index (χ4v) is 4.50. The Labute approximate surface area is 124 Å². The van der Waals surface area contributed by atoms with Crippen molar-refractivity contribution in [2.24, 2.45) is 5.73 Å². The molecule has 21 heavy (non-hydrogen) atoms. The summed E-state index contributed by atoms with van der Waals surface area (Å²) >= 11 is 0. The van der Waals surface area contributed by atoms with E-state index >= 15 is 0 Å². The fourth-order valence-electron chi connectivity index (χ4n) is 2.86. The Morgan fingerprint density at radius 1 is 1.10 bits per heavy atom. The molecule has 0 saturated carbocycles. The first-order chi connectivity index (χ1) is 9.97. The lowest BCUT2D eigenvalue weighted by Gasteiger charge is -2.28. The zero-order chi connectivity index (χ0) is 15.0. The molecular weight excluding hydrogens is 290 g/mol. The van der Waals surface area contributed by atoms with Crippen LogP contribution in [0.4, 0.5) is 11.4 Å². The van der Waals surface area contributed by atoms with E-state index in [1.807, 2.05) is 0 Å². The summed E-state index contributed by atoms with van der Waals surface area (Å²) in [5.74, 6) is 0.217. The molecule has 1 aromatic carbocycles. The molecule has 7 heteroatoms. The Bertz CT molecular complexity index is 642. The minimum Gasteiger partial charge on any atom is -0.326 e. The van der Waals surface area contributed by atoms with Crippen molar-refractivity contribution in [1.29, 1.82) is 0 Å². The summed E-state index contributed by atoms with van der Waals surface area (Å²) in [4.78, 5) is 13.5. The third kappa shape index (κ3) is 2.75. The summed E-state index contributed by atoms with van der Waals surface area (Å²) in [5, 5.41) is 0. The average Bonchev–Trinajstić information content (AvgIpc) is 2.78. The van der Waals surface area contributed by atoms with Crippen LogP contribution in [0.1, 0.15) is 19.3 Å². The number of sulfonamides is 1. The van der Waals surface area contributed by atoms with Crippen molar-refractivity contribution in [3.8, 4) is 0 Å². The zero-order valence-corrected chi connectivity index (χ0v) is 12.6. The Morgan fingerprint density at radius 3 is 2.33 bits per heavy atom. The number of carbonyl (C=O) groups is 1. The van der Waals surface area contributed by atoms with Crippen LogP contribution in [0.15, 0.2) is 24.3 Å². The molecule has 1 amide bonds. The largest absolute Gasteiger partial charge is 0.326 e. The van der Waals surface area contributed by atoms with Crippen LogP contribution >= 0.6 is 0 Å². The van der Waals surface area contributed by atoms with Gasteiger partial charge in [-0.1, -0.05) is 0 Å². The smallest absolute Gasteiger partial charge is 0.235 e. The highest BCUT2D eigenvalue weighted by Gasteiger charge is 2.29. The second-order valence-corrected chi connectivity index (χ2v) is 7.59. The predicted octanol–water partition coefficient (Wildman–Crippen LogP) is 0.681. The number of rotatable bonds is 2. The summed E-state index contributed by atoms with van der Waals surface area (Å²) in [6.45, 7) is 1.04. The van der Waals surface area contributed by atoms with Crippen molar-refractivity contribution in [2.75, 3.05) is 28.0 Å². The molecule has 2 aliphatic rings. The lowest BCUT2D eigenvalue weighted by molar-refractivity contribution is -0.117. The first-order valence-corrected chi connectivity index (χ1v) is 8.75. The quantitative estimate of drug-likeness (QED) is 0.871. The Balaban J connectivity index is 1.83. The van der Waals surface area contributed by atoms with Crippen molar-refractivity contribution in [3.05, 3.63) is 24.3 Å². The highest BCUT2D eigenvalue weighted by Crippen LogP contribution is 2.27. The Kier molecular flexibility index (Phi) is 3.62. The van der Waals surface area contributed by atoms with E-state index < -0.39 is 10.0 Å². The molecule has 2 saturated heterocycles. The van der Waals surface area contributed by atoms with Crippen LogP contribution in [-0.4, -0.2) is 39.2 Å². The van der Waals surface area contributed by atoms with Gasteiger partial charge in [0.25, 0.3) is 0 Å². The summed E-state index contributed by atoms with van der Waals surface area (Å²) in [7, 11) is -3.20. The molecule has 2 aliphatic heterocycles. The highest BCUT2D eigenvalue weighted by molar-refractivity contribution is 7.92. The van der Waals surface area contributed by atoms with Gasteiger partial charge in [-0.15, -0.1) is 0 Å². The van der Waals surface area contributed by atoms with Gasteiger partial charge in [0.05, 0.1) is 11.4 Å². The number of nitrogens with zero attached hydrogens (tertiary/aromatic N) is 2. The normalized spacial score (nSPS) is 25.4. The van der Waals surface area contributed by atoms with Crippen LogP contribution in [0.5, 0.6) is 0 Å². The molecule has 3 rings (SSSR count). The second-order valence-electron chi connectivity index (χ2n) is 5.58. The minimum atomic E-state index is -3.20. The van der Waals surface area contributed by atoms with Gasteiger partial charge in [0.1, 0.15) is 0 Å². The molecule has 0 spiro atoms. The van der Waals surface area contributed by atoms with Gasteiger partial charge >= 0.3 is 0 Å². The van der Waals surface area contributed by atoms with Crippen LogP contribution in [0.2, 0.25) is 0 Å². The number of carbonyl (C=O) groups excluding carboxylic acids is 1. The highest BCUT2D eigenvalue weighted by atomic mass is 32.2. The first kappa shape index (κ1) is 14.3. The van der Waals surface area contributed by atoms with Gasteiger partial charge in [-0.05, 0) is 37.1 Å². The fraction of sp³-hybridized carbons (Fsp3) is 0.500. The molecule has 0 aliphatic carbocycles. The van der Waals surface area contributed by atoms with Crippen molar-refractivity contribution in [1.82, 2.24) is 0 Å². The molecule has 1 aromatic rings. The van der Waals surface area contributed by atoms with E-state index in [1.54, 1.807) is 29.2 Å². The molecule has 0 aromatic heterocycles. The van der Waals surface area contributed by atoms with Gasteiger partial charge in [-0.3, -0.25) is 9.10 Å². The van der Waals surface area contributed by atoms with Gasteiger partial charge in [0.2, 0.25) is 15.9 Å². The van der Waals surface area contributed by atoms with Crippen LogP contribution in [0.3, 0.4) is 0 Å². The van der Waals surface area contributed by atoms with Crippen LogP contribution < -0.4 is 14.9 Å². The maximum absolute atomic E-state index is 12.1.